The SMILES string of the molecule is O=S(=O)(C=Cc1ccccc1)N1CCN(c2cccc(C(F)(F)F)c2)CC1. The molecule has 8 heteroatoms. The van der Waals surface area contributed by atoms with Crippen LogP contribution in [0.4, 0.5) is 18.9 Å². The van der Waals surface area contributed by atoms with E-state index in [-0.39, 0.29) is 13.1 Å². The molecule has 27 heavy (non-hydrogen) atoms. The number of benzene rings is 2. The molecule has 1 saturated heterocycles. The summed E-state index contributed by atoms with van der Waals surface area (Å²) in [5.41, 5.74) is 0.520. The molecule has 2 aromatic rings. The standard InChI is InChI=1S/C19H19F3N2O2S/c20-19(21,22)17-7-4-8-18(15-17)23-10-12-24(13-11-23)27(25,26)14-9-16-5-2-1-3-6-16/h1-9,14-15H,10-13H2. The van der Waals surface area contributed by atoms with Crippen LogP contribution in [-0.2, 0) is 16.2 Å². The van der Waals surface area contributed by atoms with E-state index < -0.39 is 21.8 Å². The van der Waals surface area contributed by atoms with Gasteiger partial charge in [0.25, 0.3) is 0 Å². The predicted molar refractivity (Wildman–Crippen MR) is 99.6 cm³/mol. The lowest BCUT2D eigenvalue weighted by Gasteiger charge is -2.35. The maximum Gasteiger partial charge on any atom is 0.416 e. The number of hydrogen-bond acceptors (Lipinski definition) is 3. The van der Waals surface area contributed by atoms with Gasteiger partial charge in [-0.3, -0.25) is 0 Å². The third kappa shape index (κ3) is 4.90. The van der Waals surface area contributed by atoms with Gasteiger partial charge in [-0.2, -0.15) is 17.5 Å². The number of piperazine rings is 1. The molecule has 0 bridgehead atoms. The fourth-order valence-electron chi connectivity index (χ4n) is 2.89. The van der Waals surface area contributed by atoms with Crippen molar-refractivity contribution in [3.05, 3.63) is 71.1 Å². The van der Waals surface area contributed by atoms with E-state index in [2.05, 4.69) is 0 Å². The van der Waals surface area contributed by atoms with Crippen molar-refractivity contribution in [1.29, 1.82) is 0 Å². The Morgan fingerprint density at radius 3 is 2.19 bits per heavy atom. The van der Waals surface area contributed by atoms with Gasteiger partial charge in [0, 0.05) is 37.3 Å². The normalized spacial score (nSPS) is 16.8. The molecule has 0 amide bonds. The Morgan fingerprint density at radius 2 is 1.56 bits per heavy atom. The molecule has 0 spiro atoms. The van der Waals surface area contributed by atoms with Crippen LogP contribution in [0, 0.1) is 0 Å². The van der Waals surface area contributed by atoms with Gasteiger partial charge in [-0.05, 0) is 29.8 Å². The number of anilines is 1. The second-order valence-corrected chi connectivity index (χ2v) is 8.01. The highest BCUT2D eigenvalue weighted by Crippen LogP contribution is 2.32. The first-order chi connectivity index (χ1) is 12.8. The third-order valence-electron chi connectivity index (χ3n) is 4.37. The van der Waals surface area contributed by atoms with Crippen LogP contribution >= 0.6 is 0 Å². The summed E-state index contributed by atoms with van der Waals surface area (Å²) in [6.07, 6.45) is -2.86. The number of halogens is 3. The number of hydrogen-bond donors (Lipinski definition) is 0. The molecule has 0 unspecified atom stereocenters. The van der Waals surface area contributed by atoms with E-state index in [9.17, 15) is 21.6 Å². The Labute approximate surface area is 156 Å². The molecule has 1 aliphatic rings. The molecule has 144 valence electrons. The third-order valence-corrected chi connectivity index (χ3v) is 5.93. The van der Waals surface area contributed by atoms with Crippen molar-refractivity contribution in [1.82, 2.24) is 4.31 Å². The Hall–Kier alpha value is -2.32. The molecule has 1 fully saturated rings. The van der Waals surface area contributed by atoms with Crippen molar-refractivity contribution < 1.29 is 21.6 Å². The van der Waals surface area contributed by atoms with Gasteiger partial charge in [0.1, 0.15) is 0 Å². The van der Waals surface area contributed by atoms with E-state index in [1.54, 1.807) is 23.1 Å². The number of rotatable bonds is 4. The van der Waals surface area contributed by atoms with Crippen LogP contribution in [0.5, 0.6) is 0 Å². The van der Waals surface area contributed by atoms with E-state index in [4.69, 9.17) is 0 Å². The molecule has 4 nitrogen and oxygen atoms in total. The average molecular weight is 396 g/mol. The molecule has 0 radical (unpaired) electrons. The van der Waals surface area contributed by atoms with Gasteiger partial charge < -0.3 is 4.90 Å². The predicted octanol–water partition coefficient (Wildman–Crippen LogP) is 3.83. The summed E-state index contributed by atoms with van der Waals surface area (Å²) in [5.74, 6) is 0. The molecule has 3 rings (SSSR count). The minimum atomic E-state index is -4.40. The fraction of sp³-hybridized carbons (Fsp3) is 0.263. The molecule has 1 aliphatic heterocycles. The zero-order valence-corrected chi connectivity index (χ0v) is 15.2. The second-order valence-electron chi connectivity index (χ2n) is 6.19. The van der Waals surface area contributed by atoms with Crippen molar-refractivity contribution in [3.63, 3.8) is 0 Å². The van der Waals surface area contributed by atoms with Gasteiger partial charge in [-0.15, -0.1) is 0 Å². The molecule has 0 N–H and O–H groups in total. The highest BCUT2D eigenvalue weighted by atomic mass is 32.2. The molecule has 0 saturated carbocycles. The van der Waals surface area contributed by atoms with Gasteiger partial charge in [-0.1, -0.05) is 36.4 Å². The lowest BCUT2D eigenvalue weighted by Crippen LogP contribution is -2.48. The summed E-state index contributed by atoms with van der Waals surface area (Å²) in [7, 11) is -3.57. The van der Waals surface area contributed by atoms with E-state index in [0.717, 1.165) is 17.7 Å². The minimum absolute atomic E-state index is 0.220. The number of nitrogens with zero attached hydrogens (tertiary/aromatic N) is 2. The summed E-state index contributed by atoms with van der Waals surface area (Å²) in [6.45, 7) is 1.11. The van der Waals surface area contributed by atoms with E-state index >= 15 is 0 Å². The molecule has 0 aromatic heterocycles. The van der Waals surface area contributed by atoms with Gasteiger partial charge in [-0.25, -0.2) is 8.42 Å². The van der Waals surface area contributed by atoms with E-state index in [0.29, 0.717) is 18.8 Å². The number of sulfonamides is 1. The van der Waals surface area contributed by atoms with Crippen molar-refractivity contribution in [2.45, 2.75) is 6.18 Å². The molecule has 2 aromatic carbocycles. The first kappa shape index (κ1) is 19.4. The molecular formula is C19H19F3N2O2S. The van der Waals surface area contributed by atoms with Crippen LogP contribution < -0.4 is 4.90 Å². The fourth-order valence-corrected chi connectivity index (χ4v) is 4.07. The topological polar surface area (TPSA) is 40.6 Å². The minimum Gasteiger partial charge on any atom is -0.369 e. The Morgan fingerprint density at radius 1 is 0.889 bits per heavy atom. The lowest BCUT2D eigenvalue weighted by atomic mass is 10.1. The smallest absolute Gasteiger partial charge is 0.369 e. The van der Waals surface area contributed by atoms with E-state index in [1.807, 2.05) is 18.2 Å². The largest absolute Gasteiger partial charge is 0.416 e. The van der Waals surface area contributed by atoms with Crippen LogP contribution in [-0.4, -0.2) is 38.9 Å². The van der Waals surface area contributed by atoms with Crippen molar-refractivity contribution >= 4 is 21.8 Å². The van der Waals surface area contributed by atoms with Crippen LogP contribution in [0.25, 0.3) is 6.08 Å². The maximum absolute atomic E-state index is 12.9. The van der Waals surface area contributed by atoms with Crippen LogP contribution in [0.15, 0.2) is 60.0 Å². The molecule has 1 heterocycles. The first-order valence-corrected chi connectivity index (χ1v) is 9.91. The maximum atomic E-state index is 12.9. The highest BCUT2D eigenvalue weighted by Gasteiger charge is 2.31. The van der Waals surface area contributed by atoms with Crippen LogP contribution in [0.1, 0.15) is 11.1 Å². The Kier molecular flexibility index (Phi) is 5.57. The quantitative estimate of drug-likeness (QED) is 0.789. The molecule has 0 atom stereocenters. The summed E-state index contributed by atoms with van der Waals surface area (Å²) >= 11 is 0. The van der Waals surface area contributed by atoms with Crippen molar-refractivity contribution in [3.8, 4) is 0 Å². The zero-order valence-electron chi connectivity index (χ0n) is 14.4. The highest BCUT2D eigenvalue weighted by molar-refractivity contribution is 7.92. The average Bonchev–Trinajstić information content (AvgIpc) is 2.67. The van der Waals surface area contributed by atoms with Gasteiger partial charge in [0.05, 0.1) is 5.56 Å². The first-order valence-electron chi connectivity index (χ1n) is 8.41. The van der Waals surface area contributed by atoms with Gasteiger partial charge in [0.2, 0.25) is 10.0 Å². The lowest BCUT2D eigenvalue weighted by molar-refractivity contribution is -0.137. The number of alkyl halides is 3. The zero-order chi connectivity index (χ0) is 19.5. The van der Waals surface area contributed by atoms with Gasteiger partial charge in [0.15, 0.2) is 0 Å². The van der Waals surface area contributed by atoms with Crippen LogP contribution in [0.2, 0.25) is 0 Å². The van der Waals surface area contributed by atoms with E-state index in [1.165, 1.54) is 21.9 Å². The monoisotopic (exact) mass is 396 g/mol. The summed E-state index contributed by atoms with van der Waals surface area (Å²) < 4.78 is 64.9. The summed E-state index contributed by atoms with van der Waals surface area (Å²) in [6, 6.07) is 14.2. The van der Waals surface area contributed by atoms with Crippen molar-refractivity contribution in [2.75, 3.05) is 31.1 Å². The Bertz CT molecular complexity index is 904. The molecular weight excluding hydrogens is 377 g/mol. The summed E-state index contributed by atoms with van der Waals surface area (Å²) in [4.78, 5) is 1.77. The van der Waals surface area contributed by atoms with Crippen LogP contribution in [0.3, 0.4) is 0 Å². The second kappa shape index (κ2) is 7.74. The summed E-state index contributed by atoms with van der Waals surface area (Å²) in [5, 5.41) is 1.17. The van der Waals surface area contributed by atoms with Crippen molar-refractivity contribution in [2.24, 2.45) is 0 Å². The molecule has 0 aliphatic carbocycles. The Balaban J connectivity index is 1.66. The van der Waals surface area contributed by atoms with Gasteiger partial charge >= 0.3 is 6.18 Å².